The molecular weight excluding hydrogens is 470 g/mol. The Kier molecular flexibility index (Phi) is 20.7. The van der Waals surface area contributed by atoms with Crippen molar-refractivity contribution >= 4 is 5.91 Å². The zero-order valence-electron chi connectivity index (χ0n) is 31.5. The molecule has 0 aliphatic carbocycles. The summed E-state index contributed by atoms with van der Waals surface area (Å²) < 4.78 is 52.8. The summed E-state index contributed by atoms with van der Waals surface area (Å²) >= 11 is 0. The minimum Gasteiger partial charge on any atom is -0.394 e. The quantitative estimate of drug-likeness (QED) is 0.0651. The molecule has 0 unspecified atom stereocenters. The van der Waals surface area contributed by atoms with Crippen molar-refractivity contribution in [2.45, 2.75) is 180 Å². The molecule has 1 amide bonds. The molecular formula is C34H65NO3. The van der Waals surface area contributed by atoms with Gasteiger partial charge in [0.05, 0.1) is 18.8 Å². The predicted molar refractivity (Wildman–Crippen MR) is 165 cm³/mol. The fourth-order valence-electron chi connectivity index (χ4n) is 4.49. The van der Waals surface area contributed by atoms with Crippen LogP contribution >= 0.6 is 0 Å². The molecule has 0 aromatic rings. The molecule has 38 heavy (non-hydrogen) atoms. The fraction of sp³-hybridized carbons (Fsp3) is 0.853. The number of carbonyl (C=O) groups excluding carboxylic acids is 1. The topological polar surface area (TPSA) is 69.6 Å². The predicted octanol–water partition coefficient (Wildman–Crippen LogP) is 9.34. The van der Waals surface area contributed by atoms with Gasteiger partial charge in [0, 0.05) is 16.0 Å². The number of unbranched alkanes of at least 4 members (excludes halogenated alkanes) is 17. The van der Waals surface area contributed by atoms with Gasteiger partial charge in [0.1, 0.15) is 0 Å². The lowest BCUT2D eigenvalue weighted by Crippen LogP contribution is -2.45. The number of rotatable bonds is 29. The Balaban J connectivity index is 3.85. The lowest BCUT2D eigenvalue weighted by Gasteiger charge is -2.20. The molecule has 0 aromatic heterocycles. The zero-order chi connectivity index (χ0) is 34.0. The van der Waals surface area contributed by atoms with Gasteiger partial charge < -0.3 is 15.5 Å². The standard InChI is InChI=1S/C34H65NO3/c1-3-5-7-9-11-13-15-17-19-21-23-25-27-29-33(37)32(31-36)35-34(38)30-28-26-24-22-20-18-16-14-12-10-8-6-4-2/h14,16,27,29,32-33,36-37H,3-13,15,17-26,28,30-31H2,1-2H3,(H,35,38)/b16-14+,29-27+/t32-,33+/m0/s1/i1D3,3D2,5D2. The van der Waals surface area contributed by atoms with E-state index >= 15 is 0 Å². The van der Waals surface area contributed by atoms with E-state index in [4.69, 9.17) is 9.60 Å². The molecule has 4 nitrogen and oxygen atoms in total. The first-order valence-corrected chi connectivity index (χ1v) is 15.7. The average Bonchev–Trinajstić information content (AvgIpc) is 2.97. The molecule has 4 heteroatoms. The zero-order valence-corrected chi connectivity index (χ0v) is 24.5. The number of nitrogens with one attached hydrogen (secondary N) is 1. The van der Waals surface area contributed by atoms with Gasteiger partial charge in [0.25, 0.3) is 0 Å². The molecule has 224 valence electrons. The molecule has 3 N–H and O–H groups in total. The van der Waals surface area contributed by atoms with Crippen molar-refractivity contribution in [1.29, 1.82) is 0 Å². The molecule has 0 saturated carbocycles. The van der Waals surface area contributed by atoms with Crippen LogP contribution in [0.25, 0.3) is 0 Å². The highest BCUT2D eigenvalue weighted by molar-refractivity contribution is 5.76. The van der Waals surface area contributed by atoms with E-state index in [-0.39, 0.29) is 18.9 Å². The van der Waals surface area contributed by atoms with Crippen LogP contribution in [0.15, 0.2) is 24.3 Å². The fourth-order valence-corrected chi connectivity index (χ4v) is 4.49. The second-order valence-electron chi connectivity index (χ2n) is 10.6. The average molecular weight is 543 g/mol. The Morgan fingerprint density at radius 2 is 1.26 bits per heavy atom. The number of allylic oxidation sites excluding steroid dienone is 3. The van der Waals surface area contributed by atoms with Gasteiger partial charge >= 0.3 is 0 Å². The summed E-state index contributed by atoms with van der Waals surface area (Å²) in [4.78, 5) is 12.3. The van der Waals surface area contributed by atoms with Crippen molar-refractivity contribution in [3.63, 3.8) is 0 Å². The van der Waals surface area contributed by atoms with E-state index in [0.717, 1.165) is 77.0 Å². The van der Waals surface area contributed by atoms with Gasteiger partial charge in [-0.3, -0.25) is 4.79 Å². The van der Waals surface area contributed by atoms with Crippen LogP contribution in [0, 0.1) is 0 Å². The maximum atomic E-state index is 12.3. The van der Waals surface area contributed by atoms with Crippen molar-refractivity contribution in [1.82, 2.24) is 5.32 Å². The summed E-state index contributed by atoms with van der Waals surface area (Å²) in [7, 11) is 0. The van der Waals surface area contributed by atoms with Crippen molar-refractivity contribution in [3.8, 4) is 0 Å². The maximum Gasteiger partial charge on any atom is 0.220 e. The Morgan fingerprint density at radius 1 is 0.763 bits per heavy atom. The Labute approximate surface area is 247 Å². The van der Waals surface area contributed by atoms with Gasteiger partial charge in [-0.05, 0) is 44.9 Å². The van der Waals surface area contributed by atoms with Gasteiger partial charge in [0.15, 0.2) is 0 Å². The van der Waals surface area contributed by atoms with Gasteiger partial charge in [-0.1, -0.05) is 141 Å². The molecule has 0 bridgehead atoms. The molecule has 0 aliphatic rings. The first-order chi connectivity index (χ1) is 21.3. The molecule has 0 saturated heterocycles. The SMILES string of the molecule is [2H]C([2H])([2H])C([2H])([2H])C([2H])([2H])CCCCCCCCCC/C=C/[C@@H](O)[C@H](CO)NC(=O)CCCCCCC/C=C/CCCCCC. The van der Waals surface area contributed by atoms with E-state index in [2.05, 4.69) is 24.4 Å². The van der Waals surface area contributed by atoms with E-state index in [1.165, 1.54) is 44.9 Å². The Bertz CT molecular complexity index is 788. The highest BCUT2D eigenvalue weighted by Crippen LogP contribution is 2.13. The highest BCUT2D eigenvalue weighted by Gasteiger charge is 2.17. The second-order valence-corrected chi connectivity index (χ2v) is 10.6. The lowest BCUT2D eigenvalue weighted by atomic mass is 10.0. The third-order valence-electron chi connectivity index (χ3n) is 6.97. The van der Waals surface area contributed by atoms with Crippen molar-refractivity contribution in [2.24, 2.45) is 0 Å². The molecule has 0 fully saturated rings. The number of hydrogen-bond acceptors (Lipinski definition) is 3. The van der Waals surface area contributed by atoms with Gasteiger partial charge in [0.2, 0.25) is 5.91 Å². The van der Waals surface area contributed by atoms with Crippen molar-refractivity contribution in [2.75, 3.05) is 6.61 Å². The van der Waals surface area contributed by atoms with Gasteiger partial charge in [-0.25, -0.2) is 0 Å². The smallest absolute Gasteiger partial charge is 0.220 e. The van der Waals surface area contributed by atoms with Crippen LogP contribution in [0.4, 0.5) is 0 Å². The number of hydrogen-bond donors (Lipinski definition) is 3. The number of aliphatic hydroxyl groups is 2. The monoisotopic (exact) mass is 543 g/mol. The maximum absolute atomic E-state index is 12.3. The summed E-state index contributed by atoms with van der Waals surface area (Å²) in [5.41, 5.74) is 0. The molecule has 0 heterocycles. The van der Waals surface area contributed by atoms with Crippen LogP contribution in [0.5, 0.6) is 0 Å². The molecule has 0 spiro atoms. The summed E-state index contributed by atoms with van der Waals surface area (Å²) in [5.74, 6) is -0.136. The Hall–Kier alpha value is -1.13. The molecule has 0 rings (SSSR count). The number of carbonyl (C=O) groups is 1. The first kappa shape index (κ1) is 25.8. The minimum atomic E-state index is -2.98. The van der Waals surface area contributed by atoms with E-state index in [1.807, 2.05) is 6.08 Å². The molecule has 0 radical (unpaired) electrons. The normalized spacial score (nSPS) is 17.3. The van der Waals surface area contributed by atoms with E-state index < -0.39 is 31.7 Å². The van der Waals surface area contributed by atoms with Crippen molar-refractivity contribution in [3.05, 3.63) is 24.3 Å². The molecule has 2 atom stereocenters. The lowest BCUT2D eigenvalue weighted by molar-refractivity contribution is -0.123. The van der Waals surface area contributed by atoms with E-state index in [1.54, 1.807) is 6.08 Å². The van der Waals surface area contributed by atoms with Crippen LogP contribution < -0.4 is 5.32 Å². The van der Waals surface area contributed by atoms with Crippen LogP contribution in [0.1, 0.15) is 177 Å². The van der Waals surface area contributed by atoms with Crippen LogP contribution in [0.3, 0.4) is 0 Å². The first-order valence-electron chi connectivity index (χ1n) is 19.2. The largest absolute Gasteiger partial charge is 0.394 e. The van der Waals surface area contributed by atoms with E-state index in [0.29, 0.717) is 12.8 Å². The third-order valence-corrected chi connectivity index (χ3v) is 6.97. The summed E-state index contributed by atoms with van der Waals surface area (Å²) in [5, 5.41) is 22.8. The molecule has 0 aliphatic heterocycles. The number of amides is 1. The summed E-state index contributed by atoms with van der Waals surface area (Å²) in [6, 6.07) is -0.704. The minimum absolute atomic E-state index is 0.102. The number of aliphatic hydroxyl groups excluding tert-OH is 2. The van der Waals surface area contributed by atoms with Crippen LogP contribution in [0.2, 0.25) is 0 Å². The van der Waals surface area contributed by atoms with Gasteiger partial charge in [-0.15, -0.1) is 0 Å². The summed E-state index contributed by atoms with van der Waals surface area (Å²) in [6.45, 7) is -1.07. The van der Waals surface area contributed by atoms with E-state index in [9.17, 15) is 15.0 Å². The second kappa shape index (κ2) is 30.4. The highest BCUT2D eigenvalue weighted by atomic mass is 16.3. The van der Waals surface area contributed by atoms with Crippen LogP contribution in [-0.2, 0) is 4.79 Å². The van der Waals surface area contributed by atoms with Gasteiger partial charge in [-0.2, -0.15) is 0 Å². The molecule has 0 aromatic carbocycles. The van der Waals surface area contributed by atoms with Crippen LogP contribution in [-0.4, -0.2) is 34.9 Å². The Morgan fingerprint density at radius 3 is 1.82 bits per heavy atom. The third kappa shape index (κ3) is 26.5. The summed E-state index contributed by atoms with van der Waals surface area (Å²) in [6.07, 6.45) is 23.1. The van der Waals surface area contributed by atoms with Crippen molar-refractivity contribution < 1.29 is 24.6 Å².